The molecule has 0 saturated carbocycles. The molecule has 1 N–H and O–H groups in total. The third kappa shape index (κ3) is 2.36. The Morgan fingerprint density at radius 1 is 1.37 bits per heavy atom. The Morgan fingerprint density at radius 3 is 3.00 bits per heavy atom. The summed E-state index contributed by atoms with van der Waals surface area (Å²) in [6, 6.07) is 9.90. The number of benzene rings is 1. The lowest BCUT2D eigenvalue weighted by Crippen LogP contribution is -2.32. The number of amides is 1. The summed E-state index contributed by atoms with van der Waals surface area (Å²) >= 11 is 1.48. The fourth-order valence-electron chi connectivity index (χ4n) is 2.32. The lowest BCUT2D eigenvalue weighted by molar-refractivity contribution is 0.0928. The third-order valence-electron chi connectivity index (χ3n) is 3.33. The quantitative estimate of drug-likeness (QED) is 0.911. The largest absolute Gasteiger partial charge is 0.493 e. The van der Waals surface area contributed by atoms with Gasteiger partial charge in [0.15, 0.2) is 0 Å². The molecule has 0 saturated heterocycles. The number of hydrogen-bond acceptors (Lipinski definition) is 3. The van der Waals surface area contributed by atoms with Crippen LogP contribution in [0, 0.1) is 6.92 Å². The van der Waals surface area contributed by atoms with Crippen LogP contribution >= 0.6 is 11.3 Å². The molecule has 0 radical (unpaired) electrons. The molecule has 0 fully saturated rings. The van der Waals surface area contributed by atoms with E-state index >= 15 is 0 Å². The summed E-state index contributed by atoms with van der Waals surface area (Å²) in [5.74, 6) is 0.885. The van der Waals surface area contributed by atoms with Gasteiger partial charge in [-0.1, -0.05) is 18.2 Å². The van der Waals surface area contributed by atoms with Crippen LogP contribution in [0.2, 0.25) is 0 Å². The van der Waals surface area contributed by atoms with Crippen molar-refractivity contribution < 1.29 is 9.53 Å². The number of para-hydroxylation sites is 1. The number of fused-ring (bicyclic) bond motifs is 1. The van der Waals surface area contributed by atoms with Gasteiger partial charge >= 0.3 is 0 Å². The van der Waals surface area contributed by atoms with E-state index in [-0.39, 0.29) is 11.9 Å². The van der Waals surface area contributed by atoms with E-state index in [1.165, 1.54) is 11.3 Å². The summed E-state index contributed by atoms with van der Waals surface area (Å²) in [5.41, 5.74) is 2.10. The van der Waals surface area contributed by atoms with Gasteiger partial charge in [-0.2, -0.15) is 0 Å². The van der Waals surface area contributed by atoms with E-state index in [1.54, 1.807) is 0 Å². The van der Waals surface area contributed by atoms with E-state index in [2.05, 4.69) is 5.32 Å². The van der Waals surface area contributed by atoms with Crippen molar-refractivity contribution in [3.8, 4) is 5.75 Å². The number of carbonyl (C=O) groups is 1. The lowest BCUT2D eigenvalue weighted by Gasteiger charge is -2.26. The van der Waals surface area contributed by atoms with Gasteiger partial charge in [0, 0.05) is 12.0 Å². The molecule has 0 aliphatic carbocycles. The normalized spacial score (nSPS) is 17.4. The maximum Gasteiger partial charge on any atom is 0.262 e. The van der Waals surface area contributed by atoms with Crippen LogP contribution in [0.1, 0.15) is 33.3 Å². The molecule has 0 unspecified atom stereocenters. The maximum atomic E-state index is 12.3. The van der Waals surface area contributed by atoms with Crippen LogP contribution in [0.4, 0.5) is 0 Å². The molecule has 1 amide bonds. The molecule has 4 heteroatoms. The summed E-state index contributed by atoms with van der Waals surface area (Å²) in [4.78, 5) is 13.1. The minimum Gasteiger partial charge on any atom is -0.493 e. The molecule has 19 heavy (non-hydrogen) atoms. The van der Waals surface area contributed by atoms with Gasteiger partial charge < -0.3 is 10.1 Å². The molecule has 0 spiro atoms. The van der Waals surface area contributed by atoms with Crippen LogP contribution in [-0.2, 0) is 0 Å². The van der Waals surface area contributed by atoms with Crippen LogP contribution in [0.15, 0.2) is 35.7 Å². The van der Waals surface area contributed by atoms with Gasteiger partial charge in [-0.3, -0.25) is 4.79 Å². The highest BCUT2D eigenvalue weighted by molar-refractivity contribution is 7.12. The first-order chi connectivity index (χ1) is 9.25. The Labute approximate surface area is 116 Å². The second kappa shape index (κ2) is 5.05. The number of aryl methyl sites for hydroxylation is 1. The molecule has 2 heterocycles. The molecule has 1 aromatic heterocycles. The van der Waals surface area contributed by atoms with Gasteiger partial charge in [-0.15, -0.1) is 11.3 Å². The maximum absolute atomic E-state index is 12.3. The van der Waals surface area contributed by atoms with Crippen molar-refractivity contribution in [3.63, 3.8) is 0 Å². The standard InChI is InChI=1S/C15H15NO2S/c1-10-7-9-19-14(10)15(17)16-12-6-8-18-13-5-3-2-4-11(12)13/h2-5,7,9,12H,6,8H2,1H3,(H,16,17)/t12-/m0/s1. The highest BCUT2D eigenvalue weighted by Crippen LogP contribution is 2.32. The Kier molecular flexibility index (Phi) is 3.25. The molecule has 0 bridgehead atoms. The van der Waals surface area contributed by atoms with Gasteiger partial charge in [0.25, 0.3) is 5.91 Å². The first kappa shape index (κ1) is 12.2. The SMILES string of the molecule is Cc1ccsc1C(=O)N[C@H]1CCOc2ccccc21. The van der Waals surface area contributed by atoms with Gasteiger partial charge in [-0.05, 0) is 30.0 Å². The van der Waals surface area contributed by atoms with Crippen LogP contribution in [-0.4, -0.2) is 12.5 Å². The fraction of sp³-hybridized carbons (Fsp3) is 0.267. The summed E-state index contributed by atoms with van der Waals surface area (Å²) in [5, 5.41) is 5.06. The van der Waals surface area contributed by atoms with E-state index in [9.17, 15) is 4.79 Å². The van der Waals surface area contributed by atoms with Crippen LogP contribution in [0.25, 0.3) is 0 Å². The van der Waals surface area contributed by atoms with Crippen molar-refractivity contribution in [2.75, 3.05) is 6.61 Å². The molecular weight excluding hydrogens is 258 g/mol. The molecule has 3 rings (SSSR count). The fourth-order valence-corrected chi connectivity index (χ4v) is 3.15. The third-order valence-corrected chi connectivity index (χ3v) is 4.35. The predicted octanol–water partition coefficient (Wildman–Crippen LogP) is 3.31. The minimum absolute atomic E-state index is 0.00852. The van der Waals surface area contributed by atoms with Gasteiger partial charge in [-0.25, -0.2) is 0 Å². The Bertz CT molecular complexity index is 606. The first-order valence-electron chi connectivity index (χ1n) is 6.32. The lowest BCUT2D eigenvalue weighted by atomic mass is 10.0. The number of nitrogens with one attached hydrogen (secondary N) is 1. The molecule has 98 valence electrons. The highest BCUT2D eigenvalue weighted by Gasteiger charge is 2.23. The molecule has 1 aliphatic heterocycles. The second-order valence-electron chi connectivity index (χ2n) is 4.63. The summed E-state index contributed by atoms with van der Waals surface area (Å²) in [6.07, 6.45) is 0.813. The zero-order chi connectivity index (χ0) is 13.2. The van der Waals surface area contributed by atoms with E-state index in [1.807, 2.05) is 42.6 Å². The molecule has 3 nitrogen and oxygen atoms in total. The van der Waals surface area contributed by atoms with Crippen molar-refractivity contribution in [3.05, 3.63) is 51.7 Å². The van der Waals surface area contributed by atoms with Crippen molar-refractivity contribution >= 4 is 17.2 Å². The van der Waals surface area contributed by atoms with Gasteiger partial charge in [0.1, 0.15) is 5.75 Å². The number of hydrogen-bond donors (Lipinski definition) is 1. The van der Waals surface area contributed by atoms with Crippen molar-refractivity contribution in [2.45, 2.75) is 19.4 Å². The summed E-state index contributed by atoms with van der Waals surface area (Å²) in [6.45, 7) is 2.61. The number of carbonyl (C=O) groups excluding carboxylic acids is 1. The van der Waals surface area contributed by atoms with Gasteiger partial charge in [0.2, 0.25) is 0 Å². The van der Waals surface area contributed by atoms with Crippen LogP contribution < -0.4 is 10.1 Å². The van der Waals surface area contributed by atoms with E-state index in [4.69, 9.17) is 4.74 Å². The van der Waals surface area contributed by atoms with Gasteiger partial charge in [0.05, 0.1) is 17.5 Å². The molecule has 1 atom stereocenters. The van der Waals surface area contributed by atoms with Crippen LogP contribution in [0.5, 0.6) is 5.75 Å². The first-order valence-corrected chi connectivity index (χ1v) is 7.20. The predicted molar refractivity (Wildman–Crippen MR) is 75.8 cm³/mol. The zero-order valence-corrected chi connectivity index (χ0v) is 11.5. The minimum atomic E-state index is 0.00852. The molecule has 1 aliphatic rings. The Balaban J connectivity index is 1.82. The van der Waals surface area contributed by atoms with Crippen molar-refractivity contribution in [1.29, 1.82) is 0 Å². The monoisotopic (exact) mass is 273 g/mol. The van der Waals surface area contributed by atoms with Crippen LogP contribution in [0.3, 0.4) is 0 Å². The van der Waals surface area contributed by atoms with E-state index in [0.29, 0.717) is 6.61 Å². The summed E-state index contributed by atoms with van der Waals surface area (Å²) in [7, 11) is 0. The second-order valence-corrected chi connectivity index (χ2v) is 5.55. The smallest absolute Gasteiger partial charge is 0.262 e. The van der Waals surface area contributed by atoms with Crippen molar-refractivity contribution in [1.82, 2.24) is 5.32 Å². The van der Waals surface area contributed by atoms with E-state index in [0.717, 1.165) is 28.2 Å². The number of ether oxygens (including phenoxy) is 1. The Hall–Kier alpha value is -1.81. The molecule has 2 aromatic rings. The molecular formula is C15H15NO2S. The van der Waals surface area contributed by atoms with E-state index < -0.39 is 0 Å². The molecule has 1 aromatic carbocycles. The summed E-state index contributed by atoms with van der Waals surface area (Å²) < 4.78 is 5.60. The van der Waals surface area contributed by atoms with Crippen molar-refractivity contribution in [2.24, 2.45) is 0 Å². The highest BCUT2D eigenvalue weighted by atomic mass is 32.1. The number of rotatable bonds is 2. The average Bonchev–Trinajstić information content (AvgIpc) is 2.85. The topological polar surface area (TPSA) is 38.3 Å². The zero-order valence-electron chi connectivity index (χ0n) is 10.7. The average molecular weight is 273 g/mol. The Morgan fingerprint density at radius 2 is 2.21 bits per heavy atom. The number of thiophene rings is 1.